The van der Waals surface area contributed by atoms with Gasteiger partial charge in [0.25, 0.3) is 0 Å². The molecule has 1 saturated carbocycles. The van der Waals surface area contributed by atoms with Crippen LogP contribution in [-0.2, 0) is 6.18 Å². The fraction of sp³-hybridized carbons (Fsp3) is 0.524. The Morgan fingerprint density at radius 2 is 1.58 bits per heavy atom. The van der Waals surface area contributed by atoms with Gasteiger partial charge in [0, 0.05) is 0 Å². The number of rotatable bonds is 4. The van der Waals surface area contributed by atoms with Crippen LogP contribution >= 0.6 is 0 Å². The van der Waals surface area contributed by atoms with Gasteiger partial charge in [-0.05, 0) is 66.0 Å². The van der Waals surface area contributed by atoms with Crippen LogP contribution in [0.4, 0.5) is 13.2 Å². The summed E-state index contributed by atoms with van der Waals surface area (Å²) in [5.74, 6) is 1.44. The van der Waals surface area contributed by atoms with Crippen molar-refractivity contribution in [3.8, 4) is 0 Å². The van der Waals surface area contributed by atoms with Gasteiger partial charge in [0.15, 0.2) is 0 Å². The monoisotopic (exact) mass is 334 g/mol. The van der Waals surface area contributed by atoms with Crippen LogP contribution in [0.5, 0.6) is 0 Å². The minimum Gasteiger partial charge on any atom is -0.166 e. The van der Waals surface area contributed by atoms with Crippen molar-refractivity contribution in [3.05, 3.63) is 47.5 Å². The molecule has 2 aromatic carbocycles. The largest absolute Gasteiger partial charge is 0.416 e. The summed E-state index contributed by atoms with van der Waals surface area (Å²) in [7, 11) is 0. The molecule has 0 N–H and O–H groups in total. The van der Waals surface area contributed by atoms with Gasteiger partial charge < -0.3 is 0 Å². The fourth-order valence-electron chi connectivity index (χ4n) is 3.97. The minimum absolute atomic E-state index is 0.564. The first kappa shape index (κ1) is 17.3. The summed E-state index contributed by atoms with van der Waals surface area (Å²) in [5, 5.41) is 1.58. The molecule has 0 spiro atoms. The van der Waals surface area contributed by atoms with Gasteiger partial charge in [0.1, 0.15) is 0 Å². The zero-order valence-electron chi connectivity index (χ0n) is 14.2. The zero-order chi connectivity index (χ0) is 17.2. The maximum atomic E-state index is 12.8. The summed E-state index contributed by atoms with van der Waals surface area (Å²) in [4.78, 5) is 0. The molecule has 1 fully saturated rings. The maximum Gasteiger partial charge on any atom is 0.416 e. The van der Waals surface area contributed by atoms with Crippen LogP contribution < -0.4 is 0 Å². The van der Waals surface area contributed by atoms with Crippen LogP contribution in [0.3, 0.4) is 0 Å². The Balaban J connectivity index is 1.72. The number of unbranched alkanes of at least 4 members (excludes halogenated alkanes) is 1. The van der Waals surface area contributed by atoms with E-state index >= 15 is 0 Å². The number of benzene rings is 2. The molecule has 0 nitrogen and oxygen atoms in total. The Bertz CT molecular complexity index is 679. The van der Waals surface area contributed by atoms with Gasteiger partial charge in [-0.25, -0.2) is 0 Å². The van der Waals surface area contributed by atoms with E-state index in [0.717, 1.165) is 11.3 Å². The van der Waals surface area contributed by atoms with Crippen LogP contribution in [-0.4, -0.2) is 0 Å². The van der Waals surface area contributed by atoms with Gasteiger partial charge in [0.2, 0.25) is 0 Å². The zero-order valence-corrected chi connectivity index (χ0v) is 14.2. The number of fused-ring (bicyclic) bond motifs is 1. The summed E-state index contributed by atoms with van der Waals surface area (Å²) < 4.78 is 38.4. The molecule has 0 heterocycles. The highest BCUT2D eigenvalue weighted by atomic mass is 19.4. The first-order valence-corrected chi connectivity index (χ1v) is 9.08. The van der Waals surface area contributed by atoms with Gasteiger partial charge in [-0.3, -0.25) is 0 Å². The molecule has 0 aliphatic heterocycles. The molecule has 130 valence electrons. The average molecular weight is 334 g/mol. The van der Waals surface area contributed by atoms with Crippen molar-refractivity contribution in [2.75, 3.05) is 0 Å². The maximum absolute atomic E-state index is 12.8. The van der Waals surface area contributed by atoms with Crippen LogP contribution in [0, 0.1) is 5.92 Å². The smallest absolute Gasteiger partial charge is 0.166 e. The second-order valence-corrected chi connectivity index (χ2v) is 7.18. The molecular weight excluding hydrogens is 309 g/mol. The van der Waals surface area contributed by atoms with E-state index in [0.29, 0.717) is 11.3 Å². The molecule has 0 aromatic heterocycles. The first-order valence-electron chi connectivity index (χ1n) is 9.08. The molecule has 24 heavy (non-hydrogen) atoms. The number of alkyl halides is 3. The third kappa shape index (κ3) is 3.93. The van der Waals surface area contributed by atoms with Gasteiger partial charge in [-0.1, -0.05) is 50.5 Å². The molecule has 0 atom stereocenters. The molecule has 2 aromatic rings. The molecule has 0 unspecified atom stereocenters. The Hall–Kier alpha value is -1.51. The highest BCUT2D eigenvalue weighted by molar-refractivity contribution is 5.84. The van der Waals surface area contributed by atoms with Gasteiger partial charge in [-0.15, -0.1) is 0 Å². The highest BCUT2D eigenvalue weighted by Gasteiger charge is 2.30. The standard InChI is InChI=1S/C21H25F3/c1-2-3-4-15-5-7-16(8-6-15)17-9-10-19-14-20(21(22,23)24)12-11-18(19)13-17/h9-16H,2-8H2,1H3. The van der Waals surface area contributed by atoms with Gasteiger partial charge in [-0.2, -0.15) is 13.2 Å². The molecule has 0 amide bonds. The lowest BCUT2D eigenvalue weighted by Gasteiger charge is -2.29. The molecular formula is C21H25F3. The Morgan fingerprint density at radius 3 is 2.25 bits per heavy atom. The Labute approximate surface area is 142 Å². The van der Waals surface area contributed by atoms with Gasteiger partial charge >= 0.3 is 6.18 Å². The lowest BCUT2D eigenvalue weighted by atomic mass is 9.77. The van der Waals surface area contributed by atoms with Crippen LogP contribution in [0.25, 0.3) is 10.8 Å². The summed E-state index contributed by atoms with van der Waals surface area (Å²) in [6.07, 6.45) is 4.66. The second kappa shape index (κ2) is 7.16. The van der Waals surface area contributed by atoms with E-state index in [1.807, 2.05) is 12.1 Å². The fourth-order valence-corrected chi connectivity index (χ4v) is 3.97. The topological polar surface area (TPSA) is 0 Å². The lowest BCUT2D eigenvalue weighted by Crippen LogP contribution is -2.13. The first-order chi connectivity index (χ1) is 11.5. The molecule has 1 aliphatic rings. The molecule has 0 saturated heterocycles. The normalized spacial score (nSPS) is 22.0. The molecule has 0 radical (unpaired) electrons. The lowest BCUT2D eigenvalue weighted by molar-refractivity contribution is -0.137. The Morgan fingerprint density at radius 1 is 0.917 bits per heavy atom. The predicted molar refractivity (Wildman–Crippen MR) is 93.2 cm³/mol. The van der Waals surface area contributed by atoms with Crippen molar-refractivity contribution in [2.24, 2.45) is 5.92 Å². The molecule has 3 heteroatoms. The third-order valence-corrected chi connectivity index (χ3v) is 5.48. The van der Waals surface area contributed by atoms with E-state index in [2.05, 4.69) is 13.0 Å². The van der Waals surface area contributed by atoms with E-state index in [1.54, 1.807) is 6.07 Å². The molecule has 1 aliphatic carbocycles. The van der Waals surface area contributed by atoms with E-state index in [9.17, 15) is 13.2 Å². The predicted octanol–water partition coefficient (Wildman–Crippen LogP) is 7.32. The van der Waals surface area contributed by atoms with E-state index in [-0.39, 0.29) is 0 Å². The van der Waals surface area contributed by atoms with E-state index in [4.69, 9.17) is 0 Å². The highest BCUT2D eigenvalue weighted by Crippen LogP contribution is 2.39. The molecule has 0 bridgehead atoms. The Kier molecular flexibility index (Phi) is 5.17. The van der Waals surface area contributed by atoms with Crippen LogP contribution in [0.1, 0.15) is 68.9 Å². The molecule has 3 rings (SSSR count). The van der Waals surface area contributed by atoms with Gasteiger partial charge in [0.05, 0.1) is 5.56 Å². The quantitative estimate of drug-likeness (QED) is 0.549. The third-order valence-electron chi connectivity index (χ3n) is 5.48. The second-order valence-electron chi connectivity index (χ2n) is 7.18. The van der Waals surface area contributed by atoms with Crippen molar-refractivity contribution >= 4 is 10.8 Å². The summed E-state index contributed by atoms with van der Waals surface area (Å²) >= 11 is 0. The van der Waals surface area contributed by atoms with Crippen LogP contribution in [0.2, 0.25) is 0 Å². The summed E-state index contributed by atoms with van der Waals surface area (Å²) in [6.45, 7) is 2.24. The van der Waals surface area contributed by atoms with Crippen LogP contribution in [0.15, 0.2) is 36.4 Å². The SMILES string of the molecule is CCCCC1CCC(c2ccc3cc(C(F)(F)F)ccc3c2)CC1. The average Bonchev–Trinajstić information content (AvgIpc) is 2.58. The minimum atomic E-state index is -4.27. The van der Waals surface area contributed by atoms with E-state index in [1.165, 1.54) is 62.6 Å². The van der Waals surface area contributed by atoms with Crippen molar-refractivity contribution < 1.29 is 13.2 Å². The van der Waals surface area contributed by atoms with Crippen molar-refractivity contribution in [2.45, 2.75) is 64.0 Å². The van der Waals surface area contributed by atoms with E-state index < -0.39 is 11.7 Å². The number of hydrogen-bond acceptors (Lipinski definition) is 0. The van der Waals surface area contributed by atoms with Crippen molar-refractivity contribution in [1.82, 2.24) is 0 Å². The number of halogens is 3. The number of hydrogen-bond donors (Lipinski definition) is 0. The van der Waals surface area contributed by atoms with Crippen molar-refractivity contribution in [1.29, 1.82) is 0 Å². The summed E-state index contributed by atoms with van der Waals surface area (Å²) in [5.41, 5.74) is 0.718. The summed E-state index contributed by atoms with van der Waals surface area (Å²) in [6, 6.07) is 10.0. The van der Waals surface area contributed by atoms with Crippen molar-refractivity contribution in [3.63, 3.8) is 0 Å².